The van der Waals surface area contributed by atoms with E-state index in [0.29, 0.717) is 11.5 Å². The maximum Gasteiger partial charge on any atom is 0.226 e. The molecule has 90 valence electrons. The molecule has 2 aromatic rings. The summed E-state index contributed by atoms with van der Waals surface area (Å²) < 4.78 is 5.20. The predicted molar refractivity (Wildman–Crippen MR) is 66.8 cm³/mol. The molecule has 0 bridgehead atoms. The lowest BCUT2D eigenvalue weighted by Crippen LogP contribution is -2.31. The molecule has 17 heavy (non-hydrogen) atoms. The zero-order valence-electron chi connectivity index (χ0n) is 9.77. The molecule has 0 radical (unpaired) electrons. The van der Waals surface area contributed by atoms with E-state index in [1.54, 1.807) is 11.3 Å². The van der Waals surface area contributed by atoms with Crippen molar-refractivity contribution in [2.45, 2.75) is 26.3 Å². The largest absolute Gasteiger partial charge is 0.355 e. The molecule has 0 atom stereocenters. The van der Waals surface area contributed by atoms with Crippen LogP contribution in [-0.2, 0) is 11.2 Å². The number of nitrogens with zero attached hydrogens (tertiary/aromatic N) is 1. The number of amides is 1. The number of thiophene rings is 1. The summed E-state index contributed by atoms with van der Waals surface area (Å²) in [5, 5.41) is 8.68. The van der Waals surface area contributed by atoms with Gasteiger partial charge in [-0.1, -0.05) is 11.2 Å². The second-order valence-electron chi connectivity index (χ2n) is 4.06. The first kappa shape index (κ1) is 11.9. The summed E-state index contributed by atoms with van der Waals surface area (Å²) in [5.41, 5.74) is 0.659. The minimum Gasteiger partial charge on any atom is -0.355 e. The molecule has 0 fully saturated rings. The van der Waals surface area contributed by atoms with Crippen molar-refractivity contribution in [1.29, 1.82) is 0 Å². The van der Waals surface area contributed by atoms with Gasteiger partial charge >= 0.3 is 0 Å². The summed E-state index contributed by atoms with van der Waals surface area (Å²) >= 11 is 1.58. The molecule has 0 spiro atoms. The van der Waals surface area contributed by atoms with E-state index < -0.39 is 0 Å². The lowest BCUT2D eigenvalue weighted by Gasteiger charge is -2.05. The zero-order chi connectivity index (χ0) is 12.3. The Morgan fingerprint density at radius 2 is 2.41 bits per heavy atom. The van der Waals surface area contributed by atoms with Gasteiger partial charge in [0.25, 0.3) is 0 Å². The van der Waals surface area contributed by atoms with Gasteiger partial charge in [0.1, 0.15) is 0 Å². The van der Waals surface area contributed by atoms with E-state index in [1.165, 1.54) is 0 Å². The Bertz CT molecular complexity index is 488. The van der Waals surface area contributed by atoms with Crippen LogP contribution in [0.4, 0.5) is 0 Å². The number of hydrogen-bond acceptors (Lipinski definition) is 4. The minimum absolute atomic E-state index is 0.0361. The number of carbonyl (C=O) groups excluding carboxylic acids is 1. The van der Waals surface area contributed by atoms with Crippen LogP contribution in [0, 0.1) is 0 Å². The van der Waals surface area contributed by atoms with Crippen molar-refractivity contribution in [3.63, 3.8) is 0 Å². The van der Waals surface area contributed by atoms with Gasteiger partial charge in [-0.05, 0) is 25.3 Å². The summed E-state index contributed by atoms with van der Waals surface area (Å²) in [7, 11) is 0. The van der Waals surface area contributed by atoms with Crippen LogP contribution in [0.25, 0.3) is 10.6 Å². The SMILES string of the molecule is CC(C)NC(=O)Cc1cc(-c2cccs2)on1. The molecule has 0 aliphatic heterocycles. The van der Waals surface area contributed by atoms with Crippen LogP contribution in [0.5, 0.6) is 0 Å². The van der Waals surface area contributed by atoms with Crippen LogP contribution in [0.1, 0.15) is 19.5 Å². The van der Waals surface area contributed by atoms with Gasteiger partial charge in [-0.25, -0.2) is 0 Å². The number of rotatable bonds is 4. The van der Waals surface area contributed by atoms with E-state index in [0.717, 1.165) is 4.88 Å². The highest BCUT2D eigenvalue weighted by Crippen LogP contribution is 2.25. The van der Waals surface area contributed by atoms with Crippen molar-refractivity contribution in [3.8, 4) is 10.6 Å². The highest BCUT2D eigenvalue weighted by molar-refractivity contribution is 7.13. The molecule has 5 heteroatoms. The molecule has 2 heterocycles. The van der Waals surface area contributed by atoms with Crippen LogP contribution in [0.2, 0.25) is 0 Å². The first-order valence-corrected chi connectivity index (χ1v) is 6.32. The van der Waals surface area contributed by atoms with Gasteiger partial charge in [0.2, 0.25) is 5.91 Å². The van der Waals surface area contributed by atoms with Crippen LogP contribution in [0.15, 0.2) is 28.1 Å². The van der Waals surface area contributed by atoms with Crippen LogP contribution in [-0.4, -0.2) is 17.1 Å². The number of aromatic nitrogens is 1. The monoisotopic (exact) mass is 250 g/mol. The fourth-order valence-electron chi connectivity index (χ4n) is 1.47. The molecular formula is C12H14N2O2S. The summed E-state index contributed by atoms with van der Waals surface area (Å²) in [4.78, 5) is 12.5. The number of hydrogen-bond donors (Lipinski definition) is 1. The van der Waals surface area contributed by atoms with Crippen molar-refractivity contribution in [2.24, 2.45) is 0 Å². The van der Waals surface area contributed by atoms with Gasteiger partial charge in [-0.3, -0.25) is 4.79 Å². The summed E-state index contributed by atoms with van der Waals surface area (Å²) in [6.07, 6.45) is 0.257. The Morgan fingerprint density at radius 3 is 3.06 bits per heavy atom. The van der Waals surface area contributed by atoms with Crippen LogP contribution >= 0.6 is 11.3 Å². The highest BCUT2D eigenvalue weighted by Gasteiger charge is 2.11. The van der Waals surface area contributed by atoms with Crippen molar-refractivity contribution >= 4 is 17.2 Å². The van der Waals surface area contributed by atoms with E-state index in [-0.39, 0.29) is 18.4 Å². The van der Waals surface area contributed by atoms with Crippen molar-refractivity contribution in [3.05, 3.63) is 29.3 Å². The molecule has 0 saturated carbocycles. The summed E-state index contributed by atoms with van der Waals surface area (Å²) in [5.74, 6) is 0.679. The molecule has 2 rings (SSSR count). The third kappa shape index (κ3) is 3.17. The van der Waals surface area contributed by atoms with E-state index in [4.69, 9.17) is 4.52 Å². The second-order valence-corrected chi connectivity index (χ2v) is 5.01. The topological polar surface area (TPSA) is 55.1 Å². The van der Waals surface area contributed by atoms with Gasteiger partial charge < -0.3 is 9.84 Å². The Labute approximate surface area is 104 Å². The molecule has 2 aromatic heterocycles. The van der Waals surface area contributed by atoms with Crippen LogP contribution < -0.4 is 5.32 Å². The van der Waals surface area contributed by atoms with Crippen LogP contribution in [0.3, 0.4) is 0 Å². The average Bonchev–Trinajstić information content (AvgIpc) is 2.84. The molecule has 1 N–H and O–H groups in total. The van der Waals surface area contributed by atoms with E-state index in [1.807, 2.05) is 37.4 Å². The quantitative estimate of drug-likeness (QED) is 0.907. The van der Waals surface area contributed by atoms with E-state index in [9.17, 15) is 4.79 Å². The maximum atomic E-state index is 11.5. The fourth-order valence-corrected chi connectivity index (χ4v) is 2.14. The first-order chi connectivity index (χ1) is 8.15. The van der Waals surface area contributed by atoms with E-state index >= 15 is 0 Å². The molecule has 0 aromatic carbocycles. The summed E-state index contributed by atoms with van der Waals surface area (Å²) in [6, 6.07) is 5.87. The normalized spacial score (nSPS) is 10.8. The van der Waals surface area contributed by atoms with Crippen molar-refractivity contribution < 1.29 is 9.32 Å². The Morgan fingerprint density at radius 1 is 1.59 bits per heavy atom. The predicted octanol–water partition coefficient (Wildman–Crippen LogP) is 2.47. The zero-order valence-corrected chi connectivity index (χ0v) is 10.6. The Balaban J connectivity index is 2.02. The second kappa shape index (κ2) is 5.14. The Hall–Kier alpha value is -1.62. The Kier molecular flexibility index (Phi) is 3.58. The number of carbonyl (C=O) groups is 1. The molecule has 0 saturated heterocycles. The molecule has 0 aliphatic carbocycles. The fraction of sp³-hybridized carbons (Fsp3) is 0.333. The summed E-state index contributed by atoms with van der Waals surface area (Å²) in [6.45, 7) is 3.86. The molecular weight excluding hydrogens is 236 g/mol. The van der Waals surface area contributed by atoms with Crippen molar-refractivity contribution in [2.75, 3.05) is 0 Å². The third-order valence-electron chi connectivity index (χ3n) is 2.11. The van der Waals surface area contributed by atoms with Gasteiger partial charge in [0, 0.05) is 12.1 Å². The molecule has 1 amide bonds. The lowest BCUT2D eigenvalue weighted by atomic mass is 10.2. The van der Waals surface area contributed by atoms with Crippen molar-refractivity contribution in [1.82, 2.24) is 10.5 Å². The first-order valence-electron chi connectivity index (χ1n) is 5.44. The standard InChI is InChI=1S/C12H14N2O2S/c1-8(2)13-12(15)7-9-6-10(16-14-9)11-4-3-5-17-11/h3-6,8H,7H2,1-2H3,(H,13,15). The molecule has 0 unspecified atom stereocenters. The van der Waals surface area contributed by atoms with Gasteiger partial charge in [0.05, 0.1) is 17.0 Å². The maximum absolute atomic E-state index is 11.5. The number of nitrogens with one attached hydrogen (secondary N) is 1. The lowest BCUT2D eigenvalue weighted by molar-refractivity contribution is -0.121. The molecule has 4 nitrogen and oxygen atoms in total. The van der Waals surface area contributed by atoms with E-state index in [2.05, 4.69) is 10.5 Å². The van der Waals surface area contributed by atoms with Gasteiger partial charge in [-0.15, -0.1) is 11.3 Å². The minimum atomic E-state index is -0.0361. The molecule has 0 aliphatic rings. The highest BCUT2D eigenvalue weighted by atomic mass is 32.1. The average molecular weight is 250 g/mol. The smallest absolute Gasteiger partial charge is 0.226 e. The van der Waals surface area contributed by atoms with Gasteiger partial charge in [-0.2, -0.15) is 0 Å². The third-order valence-corrected chi connectivity index (χ3v) is 3.00. The van der Waals surface area contributed by atoms with Gasteiger partial charge in [0.15, 0.2) is 5.76 Å².